The van der Waals surface area contributed by atoms with Crippen molar-refractivity contribution in [2.45, 2.75) is 217 Å². The van der Waals surface area contributed by atoms with Crippen LogP contribution in [0.25, 0.3) is 0 Å². The molecule has 2 aromatic rings. The topological polar surface area (TPSA) is 93.1 Å². The number of aryl methyl sites for hydroxylation is 2. The number of aromatic hydroxyl groups is 2. The quantitative estimate of drug-likeness (QED) is 0.102. The molecule has 0 amide bonds. The lowest BCUT2D eigenvalue weighted by atomic mass is 9.74. The maximum atomic E-state index is 13.0. The van der Waals surface area contributed by atoms with Gasteiger partial charge in [-0.1, -0.05) is 181 Å². The molecular formula is C53H88O6. The Kier molecular flexibility index (Phi) is 18.3. The second kappa shape index (κ2) is 20.7. The molecule has 0 aliphatic carbocycles. The minimum atomic E-state index is -0.211. The van der Waals surface area contributed by atoms with Crippen LogP contribution in [-0.4, -0.2) is 35.4 Å². The molecule has 0 saturated heterocycles. The summed E-state index contributed by atoms with van der Waals surface area (Å²) in [6.45, 7) is 39.5. The lowest BCUT2D eigenvalue weighted by Crippen LogP contribution is -2.31. The highest BCUT2D eigenvalue weighted by atomic mass is 16.5. The number of esters is 2. The third-order valence-electron chi connectivity index (χ3n) is 12.8. The fourth-order valence-corrected chi connectivity index (χ4v) is 8.62. The van der Waals surface area contributed by atoms with Crippen molar-refractivity contribution in [1.29, 1.82) is 0 Å². The number of benzene rings is 2. The first-order valence-corrected chi connectivity index (χ1v) is 22.9. The van der Waals surface area contributed by atoms with Gasteiger partial charge in [-0.25, -0.2) is 0 Å². The maximum absolute atomic E-state index is 13.0. The highest BCUT2D eigenvalue weighted by Gasteiger charge is 2.32. The van der Waals surface area contributed by atoms with Crippen molar-refractivity contribution in [1.82, 2.24) is 0 Å². The van der Waals surface area contributed by atoms with E-state index in [0.29, 0.717) is 62.2 Å². The smallest absolute Gasteiger partial charge is 0.306 e. The Hall–Kier alpha value is -3.02. The Morgan fingerprint density at radius 2 is 0.763 bits per heavy atom. The zero-order valence-electron chi connectivity index (χ0n) is 41.2. The molecule has 0 spiro atoms. The maximum Gasteiger partial charge on any atom is 0.306 e. The van der Waals surface area contributed by atoms with Crippen LogP contribution in [0.2, 0.25) is 0 Å². The number of hydrogen-bond donors (Lipinski definition) is 2. The van der Waals surface area contributed by atoms with E-state index < -0.39 is 0 Å². The summed E-state index contributed by atoms with van der Waals surface area (Å²) in [5.41, 5.74) is 4.69. The summed E-state index contributed by atoms with van der Waals surface area (Å²) in [4.78, 5) is 26.1. The molecule has 2 N–H and O–H groups in total. The summed E-state index contributed by atoms with van der Waals surface area (Å²) in [5, 5.41) is 22.2. The van der Waals surface area contributed by atoms with E-state index in [1.165, 1.54) is 0 Å². The average Bonchev–Trinajstić information content (AvgIpc) is 3.09. The molecule has 2 unspecified atom stereocenters. The fraction of sp³-hybridized carbons (Fsp3) is 0.736. The molecule has 2 aromatic carbocycles. The minimum absolute atomic E-state index is 0.119. The number of hydrogen-bond acceptors (Lipinski definition) is 6. The van der Waals surface area contributed by atoms with Gasteiger partial charge in [0.05, 0.1) is 13.2 Å². The van der Waals surface area contributed by atoms with Gasteiger partial charge in [-0.2, -0.15) is 0 Å². The van der Waals surface area contributed by atoms with Gasteiger partial charge in [0.15, 0.2) is 0 Å². The molecular weight excluding hydrogens is 733 g/mol. The predicted octanol–water partition coefficient (Wildman–Crippen LogP) is 14.0. The van der Waals surface area contributed by atoms with Crippen molar-refractivity contribution in [3.8, 4) is 11.5 Å². The molecule has 0 fully saturated rings. The number of phenolic OH excluding ortho intramolecular Hbond substituents is 2. The van der Waals surface area contributed by atoms with E-state index in [0.717, 1.165) is 78.3 Å². The molecule has 0 aliphatic heterocycles. The lowest BCUT2D eigenvalue weighted by Gasteiger charge is -2.34. The largest absolute Gasteiger partial charge is 0.507 e. The molecule has 0 bridgehead atoms. The van der Waals surface area contributed by atoms with E-state index >= 15 is 0 Å². The van der Waals surface area contributed by atoms with Gasteiger partial charge in [0, 0.05) is 23.7 Å². The van der Waals surface area contributed by atoms with Gasteiger partial charge in [0.25, 0.3) is 0 Å². The SMILES string of the molecule is CCC(CCCCCC(CC)C(C)(C)COC(=O)CCc1cc(C(C)(C)C)c(O)c(C(C)(C)C)c1)C(C)(C)COC(=O)CCc1cc(C(C)(C)C)c(O)c(C(C)(C)C)c1. The van der Waals surface area contributed by atoms with E-state index in [-0.39, 0.29) is 44.4 Å². The average molecular weight is 821 g/mol. The summed E-state index contributed by atoms with van der Waals surface area (Å²) in [5.74, 6) is 1.29. The van der Waals surface area contributed by atoms with Crippen LogP contribution in [-0.2, 0) is 53.6 Å². The zero-order valence-corrected chi connectivity index (χ0v) is 41.2. The molecule has 59 heavy (non-hydrogen) atoms. The van der Waals surface area contributed by atoms with Crippen molar-refractivity contribution in [3.63, 3.8) is 0 Å². The molecule has 6 nitrogen and oxygen atoms in total. The predicted molar refractivity (Wildman–Crippen MR) is 248 cm³/mol. The summed E-state index contributed by atoms with van der Waals surface area (Å²) in [6, 6.07) is 8.22. The number of carbonyl (C=O) groups excluding carboxylic acids is 2. The summed E-state index contributed by atoms with van der Waals surface area (Å²) >= 11 is 0. The van der Waals surface area contributed by atoms with Crippen LogP contribution < -0.4 is 0 Å². The van der Waals surface area contributed by atoms with Crippen molar-refractivity contribution in [2.24, 2.45) is 22.7 Å². The number of rotatable bonds is 20. The number of ether oxygens (including phenoxy) is 2. The molecule has 0 heterocycles. The van der Waals surface area contributed by atoms with E-state index in [1.807, 2.05) is 0 Å². The van der Waals surface area contributed by atoms with Crippen LogP contribution in [0.3, 0.4) is 0 Å². The molecule has 6 heteroatoms. The molecule has 0 aromatic heterocycles. The molecule has 2 rings (SSSR count). The normalized spacial score (nSPS) is 14.3. The highest BCUT2D eigenvalue weighted by molar-refractivity contribution is 5.70. The van der Waals surface area contributed by atoms with E-state index in [2.05, 4.69) is 149 Å². The molecule has 0 aliphatic rings. The van der Waals surface area contributed by atoms with Crippen molar-refractivity contribution in [2.75, 3.05) is 13.2 Å². The first kappa shape index (κ1) is 52.1. The van der Waals surface area contributed by atoms with Crippen LogP contribution in [0, 0.1) is 22.7 Å². The third kappa shape index (κ3) is 15.8. The van der Waals surface area contributed by atoms with Gasteiger partial charge in [0.1, 0.15) is 11.5 Å². The standard InChI is InChI=1S/C53H88O6/c1-19-38(52(15,16)34-58-44(54)28-26-36-30-40(48(3,4)5)46(56)41(31-36)49(6,7)8)24-22-21-23-25-39(20-2)53(17,18)35-59-45(55)29-27-37-32-42(50(9,10)11)47(57)43(33-37)51(12,13)14/h30-33,38-39,56-57H,19-29,34-35H2,1-18H3. The van der Waals surface area contributed by atoms with E-state index in [9.17, 15) is 19.8 Å². The second-order valence-electron chi connectivity index (χ2n) is 23.2. The highest BCUT2D eigenvalue weighted by Crippen LogP contribution is 2.42. The first-order chi connectivity index (χ1) is 26.8. The van der Waals surface area contributed by atoms with E-state index in [4.69, 9.17) is 9.47 Å². The van der Waals surface area contributed by atoms with Gasteiger partial charge in [-0.15, -0.1) is 0 Å². The van der Waals surface area contributed by atoms with Gasteiger partial charge < -0.3 is 19.7 Å². The Morgan fingerprint density at radius 3 is 1.00 bits per heavy atom. The molecule has 336 valence electrons. The summed E-state index contributed by atoms with van der Waals surface area (Å²) in [6.07, 6.45) is 9.52. The van der Waals surface area contributed by atoms with Crippen LogP contribution >= 0.6 is 0 Å². The number of unbranched alkanes of at least 4 members (excludes halogenated alkanes) is 2. The van der Waals surface area contributed by atoms with Crippen molar-refractivity contribution < 1.29 is 29.3 Å². The Bertz CT molecular complexity index is 1470. The Balaban J connectivity index is 1.86. The molecule has 0 radical (unpaired) electrons. The Labute approximate surface area is 362 Å². The zero-order chi connectivity index (χ0) is 45.4. The first-order valence-electron chi connectivity index (χ1n) is 22.9. The van der Waals surface area contributed by atoms with Crippen LogP contribution in [0.15, 0.2) is 24.3 Å². The van der Waals surface area contributed by atoms with Gasteiger partial charge in [-0.05, 0) is 92.6 Å². The van der Waals surface area contributed by atoms with Crippen molar-refractivity contribution >= 4 is 11.9 Å². The monoisotopic (exact) mass is 821 g/mol. The summed E-state index contributed by atoms with van der Waals surface area (Å²) < 4.78 is 11.8. The minimum Gasteiger partial charge on any atom is -0.507 e. The summed E-state index contributed by atoms with van der Waals surface area (Å²) in [7, 11) is 0. The third-order valence-corrected chi connectivity index (χ3v) is 12.8. The number of phenols is 2. The second-order valence-corrected chi connectivity index (χ2v) is 23.2. The van der Waals surface area contributed by atoms with Crippen LogP contribution in [0.5, 0.6) is 11.5 Å². The Morgan fingerprint density at radius 1 is 0.492 bits per heavy atom. The van der Waals surface area contributed by atoms with Gasteiger partial charge in [0.2, 0.25) is 0 Å². The molecule has 2 atom stereocenters. The molecule has 0 saturated carbocycles. The lowest BCUT2D eigenvalue weighted by molar-refractivity contribution is -0.148. The van der Waals surface area contributed by atoms with Crippen LogP contribution in [0.4, 0.5) is 0 Å². The fourth-order valence-electron chi connectivity index (χ4n) is 8.62. The van der Waals surface area contributed by atoms with E-state index in [1.54, 1.807) is 0 Å². The van der Waals surface area contributed by atoms with Crippen LogP contribution in [0.1, 0.15) is 216 Å². The van der Waals surface area contributed by atoms with Crippen molar-refractivity contribution in [3.05, 3.63) is 57.6 Å². The van der Waals surface area contributed by atoms with Gasteiger partial charge >= 0.3 is 11.9 Å². The van der Waals surface area contributed by atoms with Gasteiger partial charge in [-0.3, -0.25) is 9.59 Å². The number of carbonyl (C=O) groups is 2.